The first-order valence-corrected chi connectivity index (χ1v) is 18.7. The maximum Gasteiger partial charge on any atom is 0.417 e. The van der Waals surface area contributed by atoms with Gasteiger partial charge in [-0.25, -0.2) is 0 Å². The summed E-state index contributed by atoms with van der Waals surface area (Å²) in [7, 11) is 0. The Kier molecular flexibility index (Phi) is 15.3. The van der Waals surface area contributed by atoms with Gasteiger partial charge in [0.05, 0.1) is 45.3 Å². The molecule has 2 amide bonds. The predicted octanol–water partition coefficient (Wildman–Crippen LogP) is 9.07. The fraction of sp³-hybridized carbons (Fsp3) is 0.316. The number of carbonyl (C=O) groups excluding carboxylic acids is 2. The van der Waals surface area contributed by atoms with E-state index in [1.54, 1.807) is 6.07 Å². The van der Waals surface area contributed by atoms with Crippen LogP contribution in [-0.2, 0) is 47.6 Å². The molecule has 0 bridgehead atoms. The number of aliphatic hydroxyl groups excluding tert-OH is 2. The predicted molar refractivity (Wildman–Crippen MR) is 206 cm³/mol. The lowest BCUT2D eigenvalue weighted by atomic mass is 9.88. The van der Waals surface area contributed by atoms with Crippen LogP contribution in [-0.4, -0.2) is 46.1 Å². The zero-order chi connectivity index (χ0) is 40.5. The molecule has 0 heterocycles. The summed E-state index contributed by atoms with van der Waals surface area (Å²) in [6, 6.07) is 18.1. The van der Waals surface area contributed by atoms with Crippen LogP contribution in [0.25, 0.3) is 0 Å². The fourth-order valence-corrected chi connectivity index (χ4v) is 6.54. The number of fused-ring (bicyclic) bond motifs is 2. The standard InChI is InChI=1S/C19H18ClF3N2O2.C12H14BrNO2.C7H5ClF3N/c20-16-7-5-12(8-15(16)19(21,22)23)24-10-18(27)25-17-3-1-2-11-4-6-13(26)9-14(11)17;13-7-12(16)14-11-3-1-2-8-4-5-9(15)6-10(8)11;8-6-2-1-4(12)3-5(6)7(9,10)11/h1-3,5,7-8,13,24,26H,4,6,9-10H2,(H,25,27);1-3,9,15H,4-7H2,(H,14,16);1-3H,12H2. The number of carbonyl (C=O) groups is 2. The van der Waals surface area contributed by atoms with Crippen LogP contribution in [0.5, 0.6) is 0 Å². The first kappa shape index (κ1) is 43.7. The Hall–Kier alpha value is -4.02. The van der Waals surface area contributed by atoms with E-state index in [1.165, 1.54) is 17.7 Å². The lowest BCUT2D eigenvalue weighted by Crippen LogP contribution is -2.25. The quantitative estimate of drug-likeness (QED) is 0.0650. The van der Waals surface area contributed by atoms with Gasteiger partial charge in [-0.3, -0.25) is 9.59 Å². The topological polar surface area (TPSA) is 137 Å². The van der Waals surface area contributed by atoms with E-state index >= 15 is 0 Å². The van der Waals surface area contributed by atoms with Crippen molar-refractivity contribution in [2.75, 3.05) is 33.6 Å². The second kappa shape index (κ2) is 19.2. The van der Waals surface area contributed by atoms with Crippen molar-refractivity contribution in [1.29, 1.82) is 0 Å². The molecule has 6 rings (SSSR count). The van der Waals surface area contributed by atoms with E-state index in [0.29, 0.717) is 30.3 Å². The zero-order valence-corrected chi connectivity index (χ0v) is 32.0. The summed E-state index contributed by atoms with van der Waals surface area (Å²) in [6.07, 6.45) is -5.52. The molecule has 55 heavy (non-hydrogen) atoms. The van der Waals surface area contributed by atoms with Gasteiger partial charge >= 0.3 is 12.4 Å². The van der Waals surface area contributed by atoms with Crippen LogP contribution >= 0.6 is 39.1 Å². The molecule has 2 unspecified atom stereocenters. The molecule has 7 N–H and O–H groups in total. The molecule has 296 valence electrons. The van der Waals surface area contributed by atoms with Crippen LogP contribution < -0.4 is 21.7 Å². The highest BCUT2D eigenvalue weighted by Gasteiger charge is 2.34. The maximum absolute atomic E-state index is 12.9. The van der Waals surface area contributed by atoms with Crippen molar-refractivity contribution in [3.8, 4) is 0 Å². The molecule has 0 radical (unpaired) electrons. The van der Waals surface area contributed by atoms with Crippen LogP contribution in [0.1, 0.15) is 46.2 Å². The van der Waals surface area contributed by atoms with Crippen molar-refractivity contribution in [2.45, 2.75) is 63.1 Å². The third-order valence-electron chi connectivity index (χ3n) is 8.61. The van der Waals surface area contributed by atoms with Crippen LogP contribution in [0.15, 0.2) is 72.8 Å². The molecule has 2 aliphatic carbocycles. The number of nitrogen functional groups attached to an aromatic ring is 1. The summed E-state index contributed by atoms with van der Waals surface area (Å²) in [5.74, 6) is -0.458. The van der Waals surface area contributed by atoms with Crippen molar-refractivity contribution in [3.05, 3.63) is 116 Å². The molecule has 2 atom stereocenters. The molecule has 4 aromatic carbocycles. The first-order valence-electron chi connectivity index (χ1n) is 16.8. The van der Waals surface area contributed by atoms with E-state index in [2.05, 4.69) is 37.9 Å². The number of nitrogens with two attached hydrogens (primary N) is 1. The second-order valence-electron chi connectivity index (χ2n) is 12.7. The highest BCUT2D eigenvalue weighted by atomic mass is 79.9. The van der Waals surface area contributed by atoms with Crippen molar-refractivity contribution in [2.24, 2.45) is 0 Å². The number of rotatable bonds is 6. The van der Waals surface area contributed by atoms with E-state index in [4.69, 9.17) is 28.9 Å². The number of alkyl halides is 7. The summed E-state index contributed by atoms with van der Waals surface area (Å²) >= 11 is 14.0. The molecule has 0 aromatic heterocycles. The number of hydrogen-bond donors (Lipinski definition) is 6. The number of anilines is 4. The minimum atomic E-state index is -4.57. The normalized spacial score (nSPS) is 16.2. The van der Waals surface area contributed by atoms with Gasteiger partial charge in [-0.1, -0.05) is 63.4 Å². The number of aliphatic hydroxyl groups is 2. The summed E-state index contributed by atoms with van der Waals surface area (Å²) in [6.45, 7) is -0.203. The Labute approximate surface area is 331 Å². The average molecular weight is 879 g/mol. The van der Waals surface area contributed by atoms with Crippen LogP contribution in [0.4, 0.5) is 49.1 Å². The minimum absolute atomic E-state index is 0.0479. The van der Waals surface area contributed by atoms with Gasteiger partial charge in [0, 0.05) is 35.6 Å². The Morgan fingerprint density at radius 1 is 0.727 bits per heavy atom. The number of hydrogen-bond acceptors (Lipinski definition) is 6. The number of nitrogens with one attached hydrogen (secondary N) is 3. The van der Waals surface area contributed by atoms with Gasteiger partial charge in [0.1, 0.15) is 0 Å². The molecule has 0 saturated carbocycles. The third-order valence-corrected chi connectivity index (χ3v) is 9.78. The van der Waals surface area contributed by atoms with E-state index in [1.807, 2.05) is 24.3 Å². The fourth-order valence-electron chi connectivity index (χ4n) is 5.95. The van der Waals surface area contributed by atoms with E-state index in [0.717, 1.165) is 65.9 Å². The highest BCUT2D eigenvalue weighted by Crippen LogP contribution is 2.37. The van der Waals surface area contributed by atoms with E-state index in [9.17, 15) is 46.1 Å². The van der Waals surface area contributed by atoms with Gasteiger partial charge in [0.2, 0.25) is 11.8 Å². The Morgan fingerprint density at radius 2 is 1.20 bits per heavy atom. The maximum atomic E-state index is 12.9. The molecular weight excluding hydrogens is 841 g/mol. The largest absolute Gasteiger partial charge is 0.417 e. The average Bonchev–Trinajstić information content (AvgIpc) is 3.12. The molecule has 0 aliphatic heterocycles. The molecule has 4 aromatic rings. The number of aryl methyl sites for hydroxylation is 2. The van der Waals surface area contributed by atoms with Crippen LogP contribution in [0.3, 0.4) is 0 Å². The van der Waals surface area contributed by atoms with Gasteiger partial charge in [0.15, 0.2) is 0 Å². The lowest BCUT2D eigenvalue weighted by molar-refractivity contribution is -0.138. The summed E-state index contributed by atoms with van der Waals surface area (Å²) in [5, 5.41) is 27.3. The van der Waals surface area contributed by atoms with Crippen molar-refractivity contribution in [1.82, 2.24) is 0 Å². The van der Waals surface area contributed by atoms with Crippen LogP contribution in [0.2, 0.25) is 10.0 Å². The Morgan fingerprint density at radius 3 is 1.67 bits per heavy atom. The summed E-state index contributed by atoms with van der Waals surface area (Å²) in [5.41, 5.74) is 9.25. The summed E-state index contributed by atoms with van der Waals surface area (Å²) < 4.78 is 75.0. The monoisotopic (exact) mass is 876 g/mol. The van der Waals surface area contributed by atoms with Crippen LogP contribution in [0, 0.1) is 0 Å². The molecular formula is C38H37BrCl2F6N4O4. The van der Waals surface area contributed by atoms with Gasteiger partial charge in [-0.05, 0) is 96.5 Å². The van der Waals surface area contributed by atoms with Crippen molar-refractivity contribution in [3.63, 3.8) is 0 Å². The Bertz CT molecular complexity index is 1980. The molecule has 0 saturated heterocycles. The van der Waals surface area contributed by atoms with Gasteiger partial charge in [-0.15, -0.1) is 0 Å². The number of benzene rings is 4. The molecule has 2 aliphatic rings. The lowest BCUT2D eigenvalue weighted by Gasteiger charge is -2.23. The number of amides is 2. The molecule has 17 heteroatoms. The van der Waals surface area contributed by atoms with E-state index in [-0.39, 0.29) is 35.0 Å². The zero-order valence-electron chi connectivity index (χ0n) is 28.9. The molecule has 0 fully saturated rings. The number of halogens is 9. The van der Waals surface area contributed by atoms with Crippen molar-refractivity contribution >= 4 is 73.7 Å². The van der Waals surface area contributed by atoms with Gasteiger partial charge < -0.3 is 31.9 Å². The minimum Gasteiger partial charge on any atom is -0.399 e. The molecule has 0 spiro atoms. The molecule has 8 nitrogen and oxygen atoms in total. The first-order chi connectivity index (χ1) is 25.8. The second-order valence-corrected chi connectivity index (χ2v) is 14.1. The van der Waals surface area contributed by atoms with Gasteiger partial charge in [0.25, 0.3) is 0 Å². The Balaban J connectivity index is 0.000000203. The SMILES string of the molecule is Nc1ccc(Cl)c(C(F)(F)F)c1.O=C(CBr)Nc1cccc2c1CC(O)CC2.O=C(CNc1ccc(Cl)c(C(F)(F)F)c1)Nc1cccc2c1CC(O)CC2. The van der Waals surface area contributed by atoms with E-state index < -0.39 is 40.5 Å². The highest BCUT2D eigenvalue weighted by molar-refractivity contribution is 9.09. The van der Waals surface area contributed by atoms with Gasteiger partial charge in [-0.2, -0.15) is 26.3 Å². The van der Waals surface area contributed by atoms with Crippen molar-refractivity contribution < 1.29 is 46.1 Å². The third kappa shape index (κ3) is 12.8. The summed E-state index contributed by atoms with van der Waals surface area (Å²) in [4.78, 5) is 23.5. The smallest absolute Gasteiger partial charge is 0.399 e.